The van der Waals surface area contributed by atoms with Crippen molar-refractivity contribution < 1.29 is 8.42 Å². The number of hydrogen-bond donors (Lipinski definition) is 1. The lowest BCUT2D eigenvalue weighted by atomic mass is 10.1. The summed E-state index contributed by atoms with van der Waals surface area (Å²) in [5.41, 5.74) is 6.97. The number of halogens is 1. The second-order valence-electron chi connectivity index (χ2n) is 4.85. The maximum Gasteiger partial charge on any atom is 0.218 e. The summed E-state index contributed by atoms with van der Waals surface area (Å²) in [5.74, 6) is -0.0673. The zero-order chi connectivity index (χ0) is 14.8. The summed E-state index contributed by atoms with van der Waals surface area (Å²) in [6.07, 6.45) is 1.67. The molecule has 1 aromatic carbocycles. The van der Waals surface area contributed by atoms with Crippen LogP contribution in [-0.2, 0) is 15.8 Å². The second-order valence-corrected chi connectivity index (χ2v) is 6.88. The van der Waals surface area contributed by atoms with Gasteiger partial charge in [-0.25, -0.2) is 12.7 Å². The van der Waals surface area contributed by atoms with Gasteiger partial charge in [-0.3, -0.25) is 4.98 Å². The molecule has 0 spiro atoms. The zero-order valence-electron chi connectivity index (χ0n) is 12.1. The van der Waals surface area contributed by atoms with E-state index in [0.717, 1.165) is 10.9 Å². The predicted octanol–water partition coefficient (Wildman–Crippen LogP) is 1.77. The number of benzene rings is 1. The maximum absolute atomic E-state index is 12.4. The third kappa shape index (κ3) is 3.91. The molecule has 7 heteroatoms. The van der Waals surface area contributed by atoms with E-state index in [9.17, 15) is 8.42 Å². The van der Waals surface area contributed by atoms with Gasteiger partial charge in [-0.1, -0.05) is 24.3 Å². The maximum atomic E-state index is 12.4. The molecule has 2 rings (SSSR count). The van der Waals surface area contributed by atoms with Crippen LogP contribution < -0.4 is 5.73 Å². The van der Waals surface area contributed by atoms with Crippen molar-refractivity contribution in [3.05, 3.63) is 42.1 Å². The van der Waals surface area contributed by atoms with E-state index in [1.807, 2.05) is 24.3 Å². The molecule has 0 amide bonds. The van der Waals surface area contributed by atoms with E-state index >= 15 is 0 Å². The smallest absolute Gasteiger partial charge is 0.218 e. The van der Waals surface area contributed by atoms with Gasteiger partial charge < -0.3 is 5.73 Å². The van der Waals surface area contributed by atoms with Crippen molar-refractivity contribution in [3.63, 3.8) is 0 Å². The Morgan fingerprint density at radius 2 is 1.95 bits per heavy atom. The van der Waals surface area contributed by atoms with E-state index in [1.165, 1.54) is 4.31 Å². The molecule has 1 heterocycles. The molecule has 0 radical (unpaired) electrons. The fourth-order valence-electron chi connectivity index (χ4n) is 2.00. The zero-order valence-corrected chi connectivity index (χ0v) is 13.7. The third-order valence-electron chi connectivity index (χ3n) is 3.45. The molecule has 1 aromatic heterocycles. The van der Waals surface area contributed by atoms with Gasteiger partial charge >= 0.3 is 0 Å². The van der Waals surface area contributed by atoms with Crippen molar-refractivity contribution in [2.24, 2.45) is 5.73 Å². The summed E-state index contributed by atoms with van der Waals surface area (Å²) < 4.78 is 26.1. The lowest BCUT2D eigenvalue weighted by Gasteiger charge is -2.23. The first kappa shape index (κ1) is 17.8. The summed E-state index contributed by atoms with van der Waals surface area (Å²) in [7, 11) is -1.84. The van der Waals surface area contributed by atoms with Gasteiger partial charge in [0.05, 0.1) is 11.3 Å². The highest BCUT2D eigenvalue weighted by atomic mass is 35.5. The van der Waals surface area contributed by atoms with E-state index in [4.69, 9.17) is 5.73 Å². The van der Waals surface area contributed by atoms with E-state index in [-0.39, 0.29) is 24.2 Å². The van der Waals surface area contributed by atoms with E-state index in [2.05, 4.69) is 4.98 Å². The second kappa shape index (κ2) is 7.17. The summed E-state index contributed by atoms with van der Waals surface area (Å²) in [4.78, 5) is 4.28. The van der Waals surface area contributed by atoms with Gasteiger partial charge in [0, 0.05) is 31.2 Å². The van der Waals surface area contributed by atoms with Crippen LogP contribution in [-0.4, -0.2) is 37.3 Å². The van der Waals surface area contributed by atoms with Crippen LogP contribution in [0.15, 0.2) is 36.5 Å². The van der Waals surface area contributed by atoms with Crippen molar-refractivity contribution in [3.8, 4) is 0 Å². The summed E-state index contributed by atoms with van der Waals surface area (Å²) in [6, 6.07) is 9.11. The van der Waals surface area contributed by atoms with Crippen LogP contribution in [0.2, 0.25) is 0 Å². The predicted molar refractivity (Wildman–Crippen MR) is 87.9 cm³/mol. The monoisotopic (exact) mass is 329 g/mol. The Morgan fingerprint density at radius 3 is 2.62 bits per heavy atom. The SMILES string of the molecule is CC(CN)N(C)S(=O)(=O)Cc1cccc2cccnc12.Cl. The van der Waals surface area contributed by atoms with E-state index in [1.54, 1.807) is 26.2 Å². The number of aromatic nitrogens is 1. The molecule has 0 bridgehead atoms. The van der Waals surface area contributed by atoms with E-state index < -0.39 is 10.0 Å². The number of para-hydroxylation sites is 1. The summed E-state index contributed by atoms with van der Waals surface area (Å²) >= 11 is 0. The Kier molecular flexibility index (Phi) is 6.10. The normalized spacial score (nSPS) is 13.1. The average Bonchev–Trinajstić information content (AvgIpc) is 2.45. The molecule has 0 saturated carbocycles. The van der Waals surface area contributed by atoms with Gasteiger partial charge in [-0.05, 0) is 18.6 Å². The van der Waals surface area contributed by atoms with Crippen molar-refractivity contribution in [2.45, 2.75) is 18.7 Å². The van der Waals surface area contributed by atoms with Gasteiger partial charge in [0.25, 0.3) is 0 Å². The van der Waals surface area contributed by atoms with Gasteiger partial charge in [-0.2, -0.15) is 0 Å². The molecule has 0 aliphatic heterocycles. The lowest BCUT2D eigenvalue weighted by Crippen LogP contribution is -2.40. The fraction of sp³-hybridized carbons (Fsp3) is 0.357. The highest BCUT2D eigenvalue weighted by molar-refractivity contribution is 7.88. The number of nitrogens with two attached hydrogens (primary N) is 1. The summed E-state index contributed by atoms with van der Waals surface area (Å²) in [6.45, 7) is 2.09. The van der Waals surface area contributed by atoms with Crippen LogP contribution in [0.25, 0.3) is 10.9 Å². The first-order valence-electron chi connectivity index (χ1n) is 6.44. The van der Waals surface area contributed by atoms with Crippen molar-refractivity contribution in [2.75, 3.05) is 13.6 Å². The molecule has 116 valence electrons. The van der Waals surface area contributed by atoms with Gasteiger partial charge in [0.2, 0.25) is 10.0 Å². The minimum Gasteiger partial charge on any atom is -0.329 e. The van der Waals surface area contributed by atoms with Crippen LogP contribution in [0.5, 0.6) is 0 Å². The molecule has 21 heavy (non-hydrogen) atoms. The highest BCUT2D eigenvalue weighted by Crippen LogP contribution is 2.20. The Labute approximate surface area is 131 Å². The molecule has 0 aliphatic rings. The lowest BCUT2D eigenvalue weighted by molar-refractivity contribution is 0.394. The number of nitrogens with zero attached hydrogens (tertiary/aromatic N) is 2. The van der Waals surface area contributed by atoms with Gasteiger partial charge in [0.1, 0.15) is 0 Å². The molecule has 1 unspecified atom stereocenters. The third-order valence-corrected chi connectivity index (χ3v) is 5.37. The first-order valence-corrected chi connectivity index (χ1v) is 8.05. The largest absolute Gasteiger partial charge is 0.329 e. The highest BCUT2D eigenvalue weighted by Gasteiger charge is 2.23. The Bertz CT molecular complexity index is 701. The van der Waals surface area contributed by atoms with Crippen molar-refractivity contribution in [1.82, 2.24) is 9.29 Å². The van der Waals surface area contributed by atoms with Crippen LogP contribution >= 0.6 is 12.4 Å². The number of fused-ring (bicyclic) bond motifs is 1. The van der Waals surface area contributed by atoms with Crippen LogP contribution in [0.3, 0.4) is 0 Å². The number of sulfonamides is 1. The molecular formula is C14H20ClN3O2S. The number of pyridine rings is 1. The van der Waals surface area contributed by atoms with Gasteiger partial charge in [-0.15, -0.1) is 12.4 Å². The fourth-order valence-corrected chi connectivity index (χ4v) is 3.47. The molecule has 0 saturated heterocycles. The van der Waals surface area contributed by atoms with Crippen LogP contribution in [0.4, 0.5) is 0 Å². The average molecular weight is 330 g/mol. The Morgan fingerprint density at radius 1 is 1.29 bits per heavy atom. The molecule has 5 nitrogen and oxygen atoms in total. The topological polar surface area (TPSA) is 76.3 Å². The van der Waals surface area contributed by atoms with Crippen molar-refractivity contribution >= 4 is 33.3 Å². The molecule has 0 fully saturated rings. The summed E-state index contributed by atoms with van der Waals surface area (Å²) in [5, 5.41) is 0.940. The minimum absolute atomic E-state index is 0. The molecule has 2 N–H and O–H groups in total. The molecular weight excluding hydrogens is 310 g/mol. The number of hydrogen-bond acceptors (Lipinski definition) is 4. The standard InChI is InChI=1S/C14H19N3O2S.ClH/c1-11(9-15)17(2)20(18,19)10-13-6-3-5-12-7-4-8-16-14(12)13;/h3-8,11H,9-10,15H2,1-2H3;1H. The Balaban J connectivity index is 0.00000220. The number of rotatable bonds is 5. The first-order chi connectivity index (χ1) is 9.45. The Hall–Kier alpha value is -1.21. The molecule has 1 atom stereocenters. The number of likely N-dealkylation sites (N-methyl/N-ethyl adjacent to an activating group) is 1. The van der Waals surface area contributed by atoms with Crippen LogP contribution in [0.1, 0.15) is 12.5 Å². The van der Waals surface area contributed by atoms with E-state index in [0.29, 0.717) is 12.1 Å². The quantitative estimate of drug-likeness (QED) is 0.907. The molecule has 2 aromatic rings. The molecule has 0 aliphatic carbocycles. The van der Waals surface area contributed by atoms with Crippen LogP contribution in [0, 0.1) is 0 Å². The van der Waals surface area contributed by atoms with Gasteiger partial charge in [0.15, 0.2) is 0 Å². The minimum atomic E-state index is -3.40. The van der Waals surface area contributed by atoms with Crippen molar-refractivity contribution in [1.29, 1.82) is 0 Å².